The number of fused-ring (bicyclic) bond motifs is 3. The minimum atomic E-state index is -1.54. The summed E-state index contributed by atoms with van der Waals surface area (Å²) in [6.45, 7) is 1.72. The molecule has 5 nitrogen and oxygen atoms in total. The molecular weight excluding hydrogens is 447 g/mol. The summed E-state index contributed by atoms with van der Waals surface area (Å²) < 4.78 is 54.1. The Labute approximate surface area is 196 Å². The maximum Gasteiger partial charge on any atom is 0.254 e. The molecule has 0 saturated heterocycles. The van der Waals surface area contributed by atoms with Crippen LogP contribution in [0.15, 0.2) is 30.3 Å². The molecule has 2 aromatic carbocycles. The minimum Gasteiger partial charge on any atom is -0.497 e. The third-order valence-corrected chi connectivity index (χ3v) is 7.68. The molecule has 0 atom stereocenters. The highest BCUT2D eigenvalue weighted by molar-refractivity contribution is 5.94. The van der Waals surface area contributed by atoms with E-state index in [-0.39, 0.29) is 29.8 Å². The highest BCUT2D eigenvalue weighted by atomic mass is 19.2. The van der Waals surface area contributed by atoms with E-state index in [0.717, 1.165) is 38.5 Å². The summed E-state index contributed by atoms with van der Waals surface area (Å²) in [4.78, 5) is 24.6. The lowest BCUT2D eigenvalue weighted by Gasteiger charge is -2.52. The first-order valence-corrected chi connectivity index (χ1v) is 11.4. The molecule has 182 valence electrons. The summed E-state index contributed by atoms with van der Waals surface area (Å²) in [5, 5.41) is 2.66. The first-order chi connectivity index (χ1) is 16.2. The van der Waals surface area contributed by atoms with Crippen molar-refractivity contribution in [1.82, 2.24) is 5.32 Å². The summed E-state index contributed by atoms with van der Waals surface area (Å²) in [7, 11) is 1.51. The number of carbonyl (C=O) groups excluding carboxylic acids is 2. The van der Waals surface area contributed by atoms with E-state index in [1.54, 1.807) is 31.2 Å². The van der Waals surface area contributed by atoms with Gasteiger partial charge in [-0.05, 0) is 74.6 Å². The molecule has 0 spiro atoms. The monoisotopic (exact) mass is 475 g/mol. The van der Waals surface area contributed by atoms with Crippen LogP contribution < -0.4 is 14.8 Å². The fourth-order valence-electron chi connectivity index (χ4n) is 5.17. The Kier molecular flexibility index (Phi) is 6.60. The zero-order valence-electron chi connectivity index (χ0n) is 19.3. The van der Waals surface area contributed by atoms with Crippen molar-refractivity contribution in [3.05, 3.63) is 58.9 Å². The fraction of sp³-hybridized carbons (Fsp3) is 0.462. The van der Waals surface area contributed by atoms with Crippen molar-refractivity contribution >= 4 is 11.7 Å². The third-order valence-electron chi connectivity index (χ3n) is 7.68. The number of Topliss-reactive ketones (excluding diaryl/α,β-unsaturated/α-hetero) is 1. The number of benzene rings is 2. The third kappa shape index (κ3) is 4.50. The zero-order chi connectivity index (χ0) is 24.5. The van der Waals surface area contributed by atoms with Crippen LogP contribution in [0.5, 0.6) is 11.5 Å². The molecule has 8 heteroatoms. The Bertz CT molecular complexity index is 1080. The molecule has 3 aliphatic carbocycles. The van der Waals surface area contributed by atoms with Gasteiger partial charge < -0.3 is 14.8 Å². The van der Waals surface area contributed by atoms with Crippen molar-refractivity contribution in [2.75, 3.05) is 13.7 Å². The van der Waals surface area contributed by atoms with E-state index < -0.39 is 34.7 Å². The fourth-order valence-corrected chi connectivity index (χ4v) is 5.17. The molecule has 3 aliphatic rings. The number of nitrogens with one attached hydrogen (secondary N) is 1. The molecule has 1 N–H and O–H groups in total. The smallest absolute Gasteiger partial charge is 0.254 e. The van der Waals surface area contributed by atoms with Crippen molar-refractivity contribution in [1.29, 1.82) is 0 Å². The van der Waals surface area contributed by atoms with Crippen LogP contribution in [-0.4, -0.2) is 25.3 Å². The van der Waals surface area contributed by atoms with E-state index >= 15 is 0 Å². The van der Waals surface area contributed by atoms with Crippen molar-refractivity contribution < 1.29 is 32.2 Å². The van der Waals surface area contributed by atoms with Gasteiger partial charge in [-0.25, -0.2) is 8.78 Å². The molecular formula is C26H28F3NO4. The van der Waals surface area contributed by atoms with Crippen LogP contribution in [0.3, 0.4) is 0 Å². The first kappa shape index (κ1) is 24.1. The van der Waals surface area contributed by atoms with Gasteiger partial charge in [0.15, 0.2) is 17.4 Å². The van der Waals surface area contributed by atoms with E-state index in [2.05, 4.69) is 5.32 Å². The summed E-state index contributed by atoms with van der Waals surface area (Å²) >= 11 is 0. The first-order valence-electron chi connectivity index (χ1n) is 11.4. The number of amides is 1. The van der Waals surface area contributed by atoms with Gasteiger partial charge in [0.1, 0.15) is 18.1 Å². The number of halogens is 3. The maximum absolute atomic E-state index is 14.7. The lowest BCUT2D eigenvalue weighted by Crippen LogP contribution is -2.49. The number of hydrogen-bond donors (Lipinski definition) is 1. The predicted octanol–water partition coefficient (Wildman–Crippen LogP) is 5.35. The van der Waals surface area contributed by atoms with E-state index in [4.69, 9.17) is 9.47 Å². The molecule has 0 aliphatic heterocycles. The van der Waals surface area contributed by atoms with Gasteiger partial charge in [-0.1, -0.05) is 12.1 Å². The van der Waals surface area contributed by atoms with Crippen LogP contribution in [0.4, 0.5) is 13.2 Å². The predicted molar refractivity (Wildman–Crippen MR) is 119 cm³/mol. The summed E-state index contributed by atoms with van der Waals surface area (Å²) in [6, 6.07) is 7.30. The highest BCUT2D eigenvalue weighted by Gasteiger charge is 2.50. The summed E-state index contributed by atoms with van der Waals surface area (Å²) in [5.74, 6) is -5.07. The van der Waals surface area contributed by atoms with Crippen molar-refractivity contribution in [2.45, 2.75) is 52.1 Å². The molecule has 0 heterocycles. The lowest BCUT2D eigenvalue weighted by atomic mass is 9.52. The van der Waals surface area contributed by atoms with Gasteiger partial charge in [-0.15, -0.1) is 0 Å². The minimum absolute atomic E-state index is 0.165. The number of ketones is 1. The van der Waals surface area contributed by atoms with E-state index in [1.165, 1.54) is 7.11 Å². The molecule has 5 rings (SSSR count). The average Bonchev–Trinajstić information content (AvgIpc) is 2.86. The normalized spacial score (nSPS) is 23.4. The van der Waals surface area contributed by atoms with Gasteiger partial charge in [0.05, 0.1) is 12.7 Å². The van der Waals surface area contributed by atoms with Crippen LogP contribution >= 0.6 is 0 Å². The average molecular weight is 476 g/mol. The maximum atomic E-state index is 14.7. The number of rotatable bonds is 8. The number of methoxy groups -OCH3 is 1. The highest BCUT2D eigenvalue weighted by Crippen LogP contribution is 2.56. The number of ether oxygens (including phenoxy) is 2. The Morgan fingerprint density at radius 1 is 0.971 bits per heavy atom. The van der Waals surface area contributed by atoms with E-state index in [9.17, 15) is 22.8 Å². The molecule has 34 heavy (non-hydrogen) atoms. The van der Waals surface area contributed by atoms with E-state index in [0.29, 0.717) is 17.4 Å². The van der Waals surface area contributed by atoms with Crippen LogP contribution in [-0.2, 0) is 11.4 Å². The van der Waals surface area contributed by atoms with Gasteiger partial charge in [0, 0.05) is 12.0 Å². The van der Waals surface area contributed by atoms with Crippen LogP contribution in [0.1, 0.15) is 61.4 Å². The van der Waals surface area contributed by atoms with Gasteiger partial charge in [0.25, 0.3) is 5.91 Å². The van der Waals surface area contributed by atoms with E-state index in [1.807, 2.05) is 0 Å². The quantitative estimate of drug-likeness (QED) is 0.523. The molecule has 2 bridgehead atoms. The largest absolute Gasteiger partial charge is 0.497 e. The molecule has 1 amide bonds. The van der Waals surface area contributed by atoms with Crippen LogP contribution in [0.25, 0.3) is 0 Å². The summed E-state index contributed by atoms with van der Waals surface area (Å²) in [5.41, 5.74) is -0.504. The van der Waals surface area contributed by atoms with Crippen molar-refractivity contribution in [2.24, 2.45) is 10.8 Å². The van der Waals surface area contributed by atoms with Gasteiger partial charge in [0.2, 0.25) is 5.82 Å². The zero-order valence-corrected chi connectivity index (χ0v) is 19.3. The van der Waals surface area contributed by atoms with Gasteiger partial charge in [-0.2, -0.15) is 4.39 Å². The standard InChI is InChI=1S/C26H28F3NO4/c1-16(31)26-10-7-25(8-11-26,9-12-26)15-30-24(32)19-13-20(27)23(22(29)21(19)28)34-14-17-3-5-18(33-2)6-4-17/h3-6,13H,7-12,14-15H2,1-2H3,(H,30,32)/t25-,26+. The van der Waals surface area contributed by atoms with Crippen LogP contribution in [0.2, 0.25) is 0 Å². The molecule has 3 fully saturated rings. The molecule has 2 aromatic rings. The summed E-state index contributed by atoms with van der Waals surface area (Å²) in [6.07, 6.45) is 4.69. The molecule has 3 saturated carbocycles. The topological polar surface area (TPSA) is 64.6 Å². The van der Waals surface area contributed by atoms with Gasteiger partial charge in [-0.3, -0.25) is 9.59 Å². The van der Waals surface area contributed by atoms with Crippen LogP contribution in [0, 0.1) is 28.3 Å². The Hall–Kier alpha value is -3.03. The molecule has 0 radical (unpaired) electrons. The second-order valence-corrected chi connectivity index (χ2v) is 9.52. The SMILES string of the molecule is COc1ccc(COc2c(F)cc(C(=O)NC[C@]34CC[C@](C(C)=O)(CC3)CC4)c(F)c2F)cc1. The Morgan fingerprint density at radius 2 is 1.59 bits per heavy atom. The molecule has 0 aromatic heterocycles. The second-order valence-electron chi connectivity index (χ2n) is 9.52. The lowest BCUT2D eigenvalue weighted by molar-refractivity contribution is -0.135. The Morgan fingerprint density at radius 3 is 2.15 bits per heavy atom. The molecule has 0 unspecified atom stereocenters. The van der Waals surface area contributed by atoms with Gasteiger partial charge >= 0.3 is 0 Å². The Balaban J connectivity index is 1.41. The van der Waals surface area contributed by atoms with Crippen molar-refractivity contribution in [3.63, 3.8) is 0 Å². The van der Waals surface area contributed by atoms with Crippen molar-refractivity contribution in [3.8, 4) is 11.5 Å². The number of carbonyl (C=O) groups is 2. The second kappa shape index (κ2) is 9.31. The number of hydrogen-bond acceptors (Lipinski definition) is 4.